The van der Waals surface area contributed by atoms with Crippen molar-refractivity contribution in [3.63, 3.8) is 0 Å². The van der Waals surface area contributed by atoms with Crippen LogP contribution in [0.2, 0.25) is 0 Å². The second-order valence-electron chi connectivity index (χ2n) is 4.99. The number of aromatic nitrogens is 1. The Morgan fingerprint density at radius 3 is 2.88 bits per heavy atom. The summed E-state index contributed by atoms with van der Waals surface area (Å²) in [5.74, 6) is 0.559. The first-order chi connectivity index (χ1) is 11.7. The highest BCUT2D eigenvalue weighted by Crippen LogP contribution is 2.34. The average molecular weight is 337 g/mol. The zero-order chi connectivity index (χ0) is 16.9. The van der Waals surface area contributed by atoms with Crippen molar-refractivity contribution in [3.05, 3.63) is 71.8 Å². The summed E-state index contributed by atoms with van der Waals surface area (Å²) in [6.07, 6.45) is 5.05. The van der Waals surface area contributed by atoms with Crippen LogP contribution in [-0.2, 0) is 4.79 Å². The molecule has 1 amide bonds. The molecule has 24 heavy (non-hydrogen) atoms. The molecule has 2 heterocycles. The number of hydrogen-bond donors (Lipinski definition) is 1. The summed E-state index contributed by atoms with van der Waals surface area (Å²) in [4.78, 5) is 23.3. The lowest BCUT2D eigenvalue weighted by atomic mass is 10.2. The molecule has 1 saturated heterocycles. The third-order valence-electron chi connectivity index (χ3n) is 3.23. The van der Waals surface area contributed by atoms with E-state index in [1.165, 1.54) is 11.8 Å². The minimum Gasteiger partial charge on any atom is -0.508 e. The maximum Gasteiger partial charge on any atom is 0.267 e. The number of carbonyl (C=O) groups is 1. The highest BCUT2D eigenvalue weighted by Gasteiger charge is 2.32. The van der Waals surface area contributed by atoms with Gasteiger partial charge in [-0.3, -0.25) is 9.69 Å². The number of carbonyl (C=O) groups excluding carboxylic acids is 1. The number of aliphatic imine (C=N–C) groups is 1. The highest BCUT2D eigenvalue weighted by molar-refractivity contribution is 8.18. The van der Waals surface area contributed by atoms with Gasteiger partial charge in [-0.2, -0.15) is 0 Å². The molecule has 1 fully saturated rings. The fraction of sp³-hybridized carbons (Fsp3) is 0.0556. The van der Waals surface area contributed by atoms with Gasteiger partial charge in [0.25, 0.3) is 5.91 Å². The van der Waals surface area contributed by atoms with Crippen molar-refractivity contribution in [1.82, 2.24) is 9.88 Å². The number of amidine groups is 1. The first-order valence-corrected chi connectivity index (χ1v) is 8.10. The first-order valence-electron chi connectivity index (χ1n) is 7.28. The van der Waals surface area contributed by atoms with Gasteiger partial charge >= 0.3 is 0 Å². The van der Waals surface area contributed by atoms with Crippen LogP contribution in [-0.4, -0.2) is 32.6 Å². The number of amides is 1. The zero-order valence-electron chi connectivity index (χ0n) is 12.8. The molecule has 2 aromatic rings. The van der Waals surface area contributed by atoms with Crippen molar-refractivity contribution in [1.29, 1.82) is 0 Å². The molecule has 0 saturated carbocycles. The quantitative estimate of drug-likeness (QED) is 0.684. The van der Waals surface area contributed by atoms with Gasteiger partial charge in [0.2, 0.25) is 0 Å². The number of phenols is 1. The van der Waals surface area contributed by atoms with Crippen LogP contribution in [0, 0.1) is 0 Å². The van der Waals surface area contributed by atoms with Crippen LogP contribution in [0.25, 0.3) is 6.08 Å². The zero-order valence-corrected chi connectivity index (χ0v) is 13.6. The Hall–Kier alpha value is -2.86. The van der Waals surface area contributed by atoms with E-state index in [1.807, 2.05) is 18.2 Å². The molecule has 1 aliphatic heterocycles. The molecule has 1 aromatic heterocycles. The summed E-state index contributed by atoms with van der Waals surface area (Å²) >= 11 is 1.28. The molecule has 120 valence electrons. The fourth-order valence-corrected chi connectivity index (χ4v) is 3.16. The minimum atomic E-state index is -0.141. The van der Waals surface area contributed by atoms with Gasteiger partial charge < -0.3 is 5.11 Å². The topological polar surface area (TPSA) is 65.8 Å². The van der Waals surface area contributed by atoms with Crippen molar-refractivity contribution < 1.29 is 9.90 Å². The Morgan fingerprint density at radius 1 is 1.29 bits per heavy atom. The molecule has 6 heteroatoms. The van der Waals surface area contributed by atoms with Crippen LogP contribution in [0.15, 0.2) is 71.2 Å². The Morgan fingerprint density at radius 2 is 2.17 bits per heavy atom. The largest absolute Gasteiger partial charge is 0.508 e. The third-order valence-corrected chi connectivity index (χ3v) is 4.23. The number of thioether (sulfide) groups is 1. The van der Waals surface area contributed by atoms with Crippen LogP contribution in [0.1, 0.15) is 5.56 Å². The van der Waals surface area contributed by atoms with Gasteiger partial charge in [0.05, 0.1) is 4.91 Å². The van der Waals surface area contributed by atoms with Crippen LogP contribution in [0.5, 0.6) is 5.75 Å². The fourth-order valence-electron chi connectivity index (χ4n) is 2.17. The van der Waals surface area contributed by atoms with Crippen LogP contribution in [0.3, 0.4) is 0 Å². The van der Waals surface area contributed by atoms with Gasteiger partial charge in [-0.1, -0.05) is 24.3 Å². The van der Waals surface area contributed by atoms with Gasteiger partial charge in [-0.15, -0.1) is 6.58 Å². The number of pyridine rings is 1. The molecule has 0 atom stereocenters. The van der Waals surface area contributed by atoms with E-state index in [4.69, 9.17) is 0 Å². The SMILES string of the molecule is C=CCN1C(=O)/C(=C/c2cccc(O)c2)S/C1=N/c1ccccn1. The summed E-state index contributed by atoms with van der Waals surface area (Å²) < 4.78 is 0. The van der Waals surface area contributed by atoms with Gasteiger partial charge in [-0.25, -0.2) is 9.98 Å². The lowest BCUT2D eigenvalue weighted by Gasteiger charge is -2.12. The normalized spacial score (nSPS) is 17.7. The summed E-state index contributed by atoms with van der Waals surface area (Å²) in [5, 5.41) is 10.1. The van der Waals surface area contributed by atoms with E-state index in [1.54, 1.807) is 47.5 Å². The number of benzene rings is 1. The smallest absolute Gasteiger partial charge is 0.267 e. The van der Waals surface area contributed by atoms with E-state index in [9.17, 15) is 9.90 Å². The Balaban J connectivity index is 1.95. The highest BCUT2D eigenvalue weighted by atomic mass is 32.2. The molecular weight excluding hydrogens is 322 g/mol. The number of nitrogens with zero attached hydrogens (tertiary/aromatic N) is 3. The lowest BCUT2D eigenvalue weighted by molar-refractivity contribution is -0.121. The van der Waals surface area contributed by atoms with Crippen LogP contribution >= 0.6 is 11.8 Å². The van der Waals surface area contributed by atoms with Crippen LogP contribution < -0.4 is 0 Å². The molecule has 0 aliphatic carbocycles. The average Bonchev–Trinajstić information content (AvgIpc) is 2.85. The minimum absolute atomic E-state index is 0.141. The molecule has 1 N–H and O–H groups in total. The molecule has 1 aliphatic rings. The molecular formula is C18H15N3O2S. The molecule has 1 aromatic carbocycles. The van der Waals surface area contributed by atoms with Crippen LogP contribution in [0.4, 0.5) is 5.82 Å². The maximum absolute atomic E-state index is 12.6. The lowest BCUT2D eigenvalue weighted by Crippen LogP contribution is -2.29. The Labute approximate surface area is 144 Å². The number of phenolic OH excluding ortho intramolecular Hbond substituents is 1. The van der Waals surface area contributed by atoms with E-state index in [-0.39, 0.29) is 11.7 Å². The van der Waals surface area contributed by atoms with E-state index in [0.29, 0.717) is 22.4 Å². The second-order valence-corrected chi connectivity index (χ2v) is 6.00. The summed E-state index contributed by atoms with van der Waals surface area (Å²) in [6.45, 7) is 4.06. The van der Waals surface area contributed by atoms with Crippen molar-refractivity contribution >= 4 is 34.7 Å². The maximum atomic E-state index is 12.6. The van der Waals surface area contributed by atoms with Gasteiger partial charge in [0.1, 0.15) is 5.75 Å². The van der Waals surface area contributed by atoms with Crippen molar-refractivity contribution in [3.8, 4) is 5.75 Å². The molecule has 0 radical (unpaired) electrons. The molecule has 0 unspecified atom stereocenters. The predicted molar refractivity (Wildman–Crippen MR) is 96.9 cm³/mol. The van der Waals surface area contributed by atoms with E-state index in [0.717, 1.165) is 5.56 Å². The Bertz CT molecular complexity index is 831. The Kier molecular flexibility index (Phi) is 4.77. The summed E-state index contributed by atoms with van der Waals surface area (Å²) in [7, 11) is 0. The monoisotopic (exact) mass is 337 g/mol. The first kappa shape index (κ1) is 16.0. The van der Waals surface area contributed by atoms with Crippen molar-refractivity contribution in [2.24, 2.45) is 4.99 Å². The van der Waals surface area contributed by atoms with E-state index < -0.39 is 0 Å². The number of hydrogen-bond acceptors (Lipinski definition) is 5. The van der Waals surface area contributed by atoms with E-state index in [2.05, 4.69) is 16.6 Å². The summed E-state index contributed by atoms with van der Waals surface area (Å²) in [6, 6.07) is 12.2. The molecule has 5 nitrogen and oxygen atoms in total. The molecule has 0 spiro atoms. The van der Waals surface area contributed by atoms with Gasteiger partial charge in [0.15, 0.2) is 11.0 Å². The van der Waals surface area contributed by atoms with Crippen molar-refractivity contribution in [2.45, 2.75) is 0 Å². The number of rotatable bonds is 4. The predicted octanol–water partition coefficient (Wildman–Crippen LogP) is 3.58. The van der Waals surface area contributed by atoms with Gasteiger partial charge in [0, 0.05) is 12.7 Å². The van der Waals surface area contributed by atoms with Crippen molar-refractivity contribution in [2.75, 3.05) is 6.54 Å². The summed E-state index contributed by atoms with van der Waals surface area (Å²) in [5.41, 5.74) is 0.753. The second kappa shape index (κ2) is 7.14. The molecule has 3 rings (SSSR count). The number of aromatic hydroxyl groups is 1. The third kappa shape index (κ3) is 3.55. The standard InChI is InChI=1S/C18H15N3O2S/c1-2-10-21-17(23)15(12-13-6-5-7-14(22)11-13)24-18(21)20-16-8-3-4-9-19-16/h2-9,11-12,22H,1,10H2/b15-12-,20-18+. The van der Waals surface area contributed by atoms with E-state index >= 15 is 0 Å². The van der Waals surface area contributed by atoms with Gasteiger partial charge in [-0.05, 0) is 47.7 Å². The molecule has 0 bridgehead atoms.